The van der Waals surface area contributed by atoms with Crippen molar-refractivity contribution in [3.05, 3.63) is 59.5 Å². The zero-order valence-corrected chi connectivity index (χ0v) is 16.5. The lowest BCUT2D eigenvalue weighted by atomic mass is 10.1. The predicted octanol–water partition coefficient (Wildman–Crippen LogP) is 2.04. The number of aliphatic hydroxyl groups is 1. The Balaban J connectivity index is 1.58. The van der Waals surface area contributed by atoms with E-state index in [1.807, 2.05) is 38.1 Å². The summed E-state index contributed by atoms with van der Waals surface area (Å²) < 4.78 is 5.21. The molecule has 7 heteroatoms. The Kier molecular flexibility index (Phi) is 6.71. The van der Waals surface area contributed by atoms with Crippen molar-refractivity contribution in [3.63, 3.8) is 0 Å². The molecule has 1 atom stereocenters. The number of hydrogen-bond acceptors (Lipinski definition) is 4. The van der Waals surface area contributed by atoms with Gasteiger partial charge in [0.2, 0.25) is 0 Å². The molecular weight excluding hydrogens is 356 g/mol. The van der Waals surface area contributed by atoms with Gasteiger partial charge < -0.3 is 24.6 Å². The van der Waals surface area contributed by atoms with Crippen molar-refractivity contribution < 1.29 is 14.3 Å². The molecule has 0 radical (unpaired) electrons. The number of hydrogen-bond donors (Lipinski definition) is 2. The molecule has 2 aromatic rings. The lowest BCUT2D eigenvalue weighted by molar-refractivity contribution is 0.0657. The van der Waals surface area contributed by atoms with Gasteiger partial charge in [-0.1, -0.05) is 29.8 Å². The summed E-state index contributed by atoms with van der Waals surface area (Å²) >= 11 is 0. The Morgan fingerprint density at radius 2 is 1.86 bits per heavy atom. The van der Waals surface area contributed by atoms with Crippen LogP contribution in [0.4, 0.5) is 0 Å². The quantitative estimate of drug-likeness (QED) is 0.609. The standard InChI is InChI=1S/C21H28N4O3/c1-3-22-21(23-15-18(26)17-8-6-16(2)7-9-17)25-12-10-24(11-13-25)20(27)19-5-4-14-28-19/h4-9,14,18,26H,3,10-13,15H2,1-2H3,(H,22,23). The summed E-state index contributed by atoms with van der Waals surface area (Å²) in [6, 6.07) is 11.2. The molecular formula is C21H28N4O3. The van der Waals surface area contributed by atoms with Gasteiger partial charge in [-0.2, -0.15) is 0 Å². The first-order valence-electron chi connectivity index (χ1n) is 9.69. The summed E-state index contributed by atoms with van der Waals surface area (Å²) in [7, 11) is 0. The third-order valence-corrected chi connectivity index (χ3v) is 4.81. The number of nitrogens with zero attached hydrogens (tertiary/aromatic N) is 3. The molecule has 0 aliphatic carbocycles. The summed E-state index contributed by atoms with van der Waals surface area (Å²) in [6.07, 6.45) is 0.870. The van der Waals surface area contributed by atoms with E-state index in [2.05, 4.69) is 15.2 Å². The number of aliphatic hydroxyl groups excluding tert-OH is 1. The number of guanidine groups is 1. The second kappa shape index (κ2) is 9.41. The molecule has 0 bridgehead atoms. The third kappa shape index (κ3) is 4.92. The van der Waals surface area contributed by atoms with Crippen molar-refractivity contribution in [2.75, 3.05) is 39.3 Å². The smallest absolute Gasteiger partial charge is 0.289 e. The maximum Gasteiger partial charge on any atom is 0.289 e. The van der Waals surface area contributed by atoms with Gasteiger partial charge in [-0.15, -0.1) is 0 Å². The van der Waals surface area contributed by atoms with Gasteiger partial charge >= 0.3 is 0 Å². The van der Waals surface area contributed by atoms with Crippen LogP contribution in [0, 0.1) is 6.92 Å². The summed E-state index contributed by atoms with van der Waals surface area (Å²) in [4.78, 5) is 20.9. The van der Waals surface area contributed by atoms with E-state index in [9.17, 15) is 9.90 Å². The maximum absolute atomic E-state index is 12.4. The van der Waals surface area contributed by atoms with E-state index in [1.54, 1.807) is 17.0 Å². The number of rotatable bonds is 5. The fraction of sp³-hybridized carbons (Fsp3) is 0.429. The summed E-state index contributed by atoms with van der Waals surface area (Å²) in [5.74, 6) is 1.05. The molecule has 1 saturated heterocycles. The molecule has 2 N–H and O–H groups in total. The Morgan fingerprint density at radius 3 is 2.46 bits per heavy atom. The molecule has 0 spiro atoms. The summed E-state index contributed by atoms with van der Waals surface area (Å²) in [5, 5.41) is 13.7. The number of aryl methyl sites for hydroxylation is 1. The average molecular weight is 384 g/mol. The SMILES string of the molecule is CCNC(=NCC(O)c1ccc(C)cc1)N1CCN(C(=O)c2ccco2)CC1. The Hall–Kier alpha value is -2.80. The highest BCUT2D eigenvalue weighted by molar-refractivity contribution is 5.91. The van der Waals surface area contributed by atoms with Crippen molar-refractivity contribution >= 4 is 11.9 Å². The van der Waals surface area contributed by atoms with Crippen LogP contribution in [0.1, 0.15) is 34.7 Å². The molecule has 1 fully saturated rings. The van der Waals surface area contributed by atoms with Crippen molar-refractivity contribution in [1.29, 1.82) is 0 Å². The van der Waals surface area contributed by atoms with Gasteiger partial charge in [0.25, 0.3) is 5.91 Å². The van der Waals surface area contributed by atoms with Crippen LogP contribution in [0.2, 0.25) is 0 Å². The monoisotopic (exact) mass is 384 g/mol. The number of carbonyl (C=O) groups excluding carboxylic acids is 1. The molecule has 1 aromatic heterocycles. The second-order valence-electron chi connectivity index (χ2n) is 6.88. The topological polar surface area (TPSA) is 81.3 Å². The van der Waals surface area contributed by atoms with Gasteiger partial charge in [0.05, 0.1) is 18.9 Å². The van der Waals surface area contributed by atoms with E-state index in [1.165, 1.54) is 6.26 Å². The first-order valence-corrected chi connectivity index (χ1v) is 9.69. The second-order valence-corrected chi connectivity index (χ2v) is 6.88. The minimum absolute atomic E-state index is 0.0821. The Bertz CT molecular complexity index is 778. The molecule has 1 unspecified atom stereocenters. The number of aliphatic imine (C=N–C) groups is 1. The van der Waals surface area contributed by atoms with Gasteiger partial charge in [-0.3, -0.25) is 9.79 Å². The van der Waals surface area contributed by atoms with Crippen LogP contribution >= 0.6 is 0 Å². The zero-order chi connectivity index (χ0) is 19.9. The van der Waals surface area contributed by atoms with Crippen LogP contribution < -0.4 is 5.32 Å². The molecule has 1 aliphatic rings. The van der Waals surface area contributed by atoms with Crippen LogP contribution in [-0.2, 0) is 0 Å². The molecule has 150 valence electrons. The first kappa shape index (κ1) is 19.9. The molecule has 1 amide bonds. The number of piperazine rings is 1. The first-order chi connectivity index (χ1) is 13.6. The number of nitrogens with one attached hydrogen (secondary N) is 1. The highest BCUT2D eigenvalue weighted by atomic mass is 16.3. The Labute approximate surface area is 165 Å². The molecule has 28 heavy (non-hydrogen) atoms. The van der Waals surface area contributed by atoms with E-state index in [-0.39, 0.29) is 12.5 Å². The summed E-state index contributed by atoms with van der Waals surface area (Å²) in [5.41, 5.74) is 2.02. The highest BCUT2D eigenvalue weighted by Crippen LogP contribution is 2.15. The predicted molar refractivity (Wildman–Crippen MR) is 108 cm³/mol. The number of amides is 1. The summed E-state index contributed by atoms with van der Waals surface area (Å²) in [6.45, 7) is 7.63. The van der Waals surface area contributed by atoms with Gasteiger partial charge in [0.15, 0.2) is 11.7 Å². The van der Waals surface area contributed by atoms with Crippen LogP contribution in [0.25, 0.3) is 0 Å². The fourth-order valence-corrected chi connectivity index (χ4v) is 3.17. The minimum atomic E-state index is -0.643. The number of benzene rings is 1. The lowest BCUT2D eigenvalue weighted by Crippen LogP contribution is -2.53. The molecule has 7 nitrogen and oxygen atoms in total. The van der Waals surface area contributed by atoms with Crippen LogP contribution in [0.3, 0.4) is 0 Å². The van der Waals surface area contributed by atoms with Crippen LogP contribution in [0.5, 0.6) is 0 Å². The molecule has 2 heterocycles. The maximum atomic E-state index is 12.4. The Morgan fingerprint density at radius 1 is 1.18 bits per heavy atom. The third-order valence-electron chi connectivity index (χ3n) is 4.81. The molecule has 3 rings (SSSR count). The molecule has 1 aliphatic heterocycles. The van der Waals surface area contributed by atoms with E-state index in [4.69, 9.17) is 4.42 Å². The fourth-order valence-electron chi connectivity index (χ4n) is 3.17. The lowest BCUT2D eigenvalue weighted by Gasteiger charge is -2.36. The van der Waals surface area contributed by atoms with Crippen molar-refractivity contribution in [2.24, 2.45) is 4.99 Å². The van der Waals surface area contributed by atoms with Crippen LogP contribution in [0.15, 0.2) is 52.1 Å². The van der Waals surface area contributed by atoms with Gasteiger partial charge in [0.1, 0.15) is 0 Å². The van der Waals surface area contributed by atoms with E-state index < -0.39 is 6.10 Å². The van der Waals surface area contributed by atoms with Crippen molar-refractivity contribution in [2.45, 2.75) is 20.0 Å². The van der Waals surface area contributed by atoms with Gasteiger partial charge in [-0.25, -0.2) is 0 Å². The van der Waals surface area contributed by atoms with E-state index >= 15 is 0 Å². The van der Waals surface area contributed by atoms with Gasteiger partial charge in [-0.05, 0) is 31.5 Å². The minimum Gasteiger partial charge on any atom is -0.459 e. The highest BCUT2D eigenvalue weighted by Gasteiger charge is 2.25. The number of carbonyl (C=O) groups is 1. The zero-order valence-electron chi connectivity index (χ0n) is 16.5. The molecule has 1 aromatic carbocycles. The number of furan rings is 1. The van der Waals surface area contributed by atoms with Crippen LogP contribution in [-0.4, -0.2) is 66.0 Å². The average Bonchev–Trinajstić information content (AvgIpc) is 3.26. The van der Waals surface area contributed by atoms with E-state index in [0.29, 0.717) is 31.9 Å². The normalized spacial score (nSPS) is 16.2. The largest absolute Gasteiger partial charge is 0.459 e. The molecule has 0 saturated carbocycles. The van der Waals surface area contributed by atoms with E-state index in [0.717, 1.165) is 23.6 Å². The van der Waals surface area contributed by atoms with Crippen molar-refractivity contribution in [3.8, 4) is 0 Å². The van der Waals surface area contributed by atoms with Gasteiger partial charge in [0, 0.05) is 32.7 Å². The van der Waals surface area contributed by atoms with Crippen molar-refractivity contribution in [1.82, 2.24) is 15.1 Å².